The highest BCUT2D eigenvalue weighted by molar-refractivity contribution is 5.40. The fourth-order valence-corrected chi connectivity index (χ4v) is 2.69. The van der Waals surface area contributed by atoms with Gasteiger partial charge in [0, 0.05) is 6.20 Å². The number of aromatic nitrogens is 1. The van der Waals surface area contributed by atoms with Gasteiger partial charge in [0.1, 0.15) is 5.75 Å². The molecule has 1 aliphatic rings. The zero-order valence-corrected chi connectivity index (χ0v) is 11.1. The highest BCUT2D eigenvalue weighted by atomic mass is 16.5. The summed E-state index contributed by atoms with van der Waals surface area (Å²) in [5.74, 6) is 0.745. The van der Waals surface area contributed by atoms with Crippen LogP contribution in [0.25, 0.3) is 0 Å². The van der Waals surface area contributed by atoms with Gasteiger partial charge in [0.2, 0.25) is 0 Å². The molecule has 0 bridgehead atoms. The summed E-state index contributed by atoms with van der Waals surface area (Å²) in [7, 11) is 1.64. The maximum atomic E-state index is 6.34. The lowest BCUT2D eigenvalue weighted by Gasteiger charge is -2.14. The van der Waals surface area contributed by atoms with Gasteiger partial charge in [-0.25, -0.2) is 0 Å². The number of pyridine rings is 1. The molecule has 1 aromatic carbocycles. The van der Waals surface area contributed by atoms with E-state index in [4.69, 9.17) is 10.5 Å². The zero-order valence-electron chi connectivity index (χ0n) is 11.1. The highest BCUT2D eigenvalue weighted by Gasteiger charge is 2.15. The largest absolute Gasteiger partial charge is 0.495 e. The van der Waals surface area contributed by atoms with E-state index in [0.717, 1.165) is 16.9 Å². The number of ether oxygens (including phenoxy) is 1. The Bertz CT molecular complexity index is 595. The third-order valence-corrected chi connectivity index (χ3v) is 3.81. The minimum atomic E-state index is -0.145. The summed E-state index contributed by atoms with van der Waals surface area (Å²) >= 11 is 0. The van der Waals surface area contributed by atoms with Crippen molar-refractivity contribution in [2.24, 2.45) is 5.73 Å². The van der Waals surface area contributed by atoms with Crippen LogP contribution >= 0.6 is 0 Å². The number of rotatable bonds is 3. The first kappa shape index (κ1) is 12.2. The summed E-state index contributed by atoms with van der Waals surface area (Å²) in [4.78, 5) is 4.17. The standard InChI is InChI=1S/C16H18N2O/c1-19-15-8-14(9-18-10-15)16(17)13-6-5-11-3-2-4-12(11)7-13/h5-10,16H,2-4,17H2,1H3. The minimum absolute atomic E-state index is 0.145. The van der Waals surface area contributed by atoms with Crippen LogP contribution < -0.4 is 10.5 Å². The average Bonchev–Trinajstić information content (AvgIpc) is 2.94. The third kappa shape index (κ3) is 2.34. The van der Waals surface area contributed by atoms with E-state index in [9.17, 15) is 0 Å². The number of aryl methyl sites for hydroxylation is 2. The van der Waals surface area contributed by atoms with Gasteiger partial charge in [-0.1, -0.05) is 18.2 Å². The number of nitrogens with two attached hydrogens (primary N) is 1. The van der Waals surface area contributed by atoms with Gasteiger partial charge < -0.3 is 10.5 Å². The molecule has 1 atom stereocenters. The Morgan fingerprint density at radius 1 is 1.11 bits per heavy atom. The Morgan fingerprint density at radius 3 is 2.79 bits per heavy atom. The van der Waals surface area contributed by atoms with Crippen LogP contribution in [-0.4, -0.2) is 12.1 Å². The Labute approximate surface area is 113 Å². The van der Waals surface area contributed by atoms with E-state index in [1.165, 1.54) is 30.4 Å². The van der Waals surface area contributed by atoms with E-state index in [2.05, 4.69) is 23.2 Å². The van der Waals surface area contributed by atoms with Gasteiger partial charge in [0.05, 0.1) is 19.3 Å². The smallest absolute Gasteiger partial charge is 0.137 e. The molecule has 0 saturated heterocycles. The topological polar surface area (TPSA) is 48.1 Å². The molecule has 3 heteroatoms. The number of fused-ring (bicyclic) bond motifs is 1. The summed E-state index contributed by atoms with van der Waals surface area (Å²) in [6.07, 6.45) is 7.13. The molecule has 19 heavy (non-hydrogen) atoms. The summed E-state index contributed by atoms with van der Waals surface area (Å²) < 4.78 is 5.20. The second-order valence-corrected chi connectivity index (χ2v) is 5.02. The molecule has 2 aromatic rings. The van der Waals surface area contributed by atoms with Crippen LogP contribution in [0.15, 0.2) is 36.7 Å². The van der Waals surface area contributed by atoms with E-state index in [1.54, 1.807) is 19.5 Å². The lowest BCUT2D eigenvalue weighted by molar-refractivity contribution is 0.412. The van der Waals surface area contributed by atoms with Crippen molar-refractivity contribution in [2.75, 3.05) is 7.11 Å². The quantitative estimate of drug-likeness (QED) is 0.916. The van der Waals surface area contributed by atoms with Gasteiger partial charge in [0.15, 0.2) is 0 Å². The molecule has 3 rings (SSSR count). The van der Waals surface area contributed by atoms with Crippen LogP contribution in [0.3, 0.4) is 0 Å². The normalized spacial score (nSPS) is 15.1. The van der Waals surface area contributed by atoms with Crippen molar-refractivity contribution in [3.8, 4) is 5.75 Å². The number of nitrogens with zero attached hydrogens (tertiary/aromatic N) is 1. The molecular formula is C16H18N2O. The molecule has 0 radical (unpaired) electrons. The van der Waals surface area contributed by atoms with Gasteiger partial charge >= 0.3 is 0 Å². The van der Waals surface area contributed by atoms with E-state index < -0.39 is 0 Å². The second kappa shape index (κ2) is 5.02. The molecule has 98 valence electrons. The maximum Gasteiger partial charge on any atom is 0.137 e. The predicted octanol–water partition coefficient (Wildman–Crippen LogP) is 2.63. The predicted molar refractivity (Wildman–Crippen MR) is 75.3 cm³/mol. The minimum Gasteiger partial charge on any atom is -0.495 e. The molecular weight excluding hydrogens is 236 g/mol. The Morgan fingerprint density at radius 2 is 1.95 bits per heavy atom. The second-order valence-electron chi connectivity index (χ2n) is 5.02. The molecule has 0 fully saturated rings. The van der Waals surface area contributed by atoms with Crippen molar-refractivity contribution in [1.29, 1.82) is 0 Å². The van der Waals surface area contributed by atoms with Crippen LogP contribution in [0.2, 0.25) is 0 Å². The Balaban J connectivity index is 1.92. The first-order valence-corrected chi connectivity index (χ1v) is 6.64. The van der Waals surface area contributed by atoms with Crippen LogP contribution in [0, 0.1) is 0 Å². The van der Waals surface area contributed by atoms with E-state index >= 15 is 0 Å². The lowest BCUT2D eigenvalue weighted by Crippen LogP contribution is -2.12. The Hall–Kier alpha value is -1.87. The van der Waals surface area contributed by atoms with Gasteiger partial charge in [0.25, 0.3) is 0 Å². The molecule has 0 aliphatic heterocycles. The first-order chi connectivity index (χ1) is 9.28. The number of hydrogen-bond donors (Lipinski definition) is 1. The number of hydrogen-bond acceptors (Lipinski definition) is 3. The lowest BCUT2D eigenvalue weighted by atomic mass is 9.97. The molecule has 3 nitrogen and oxygen atoms in total. The van der Waals surface area contributed by atoms with Crippen molar-refractivity contribution in [3.63, 3.8) is 0 Å². The highest BCUT2D eigenvalue weighted by Crippen LogP contribution is 2.28. The van der Waals surface area contributed by atoms with Gasteiger partial charge in [-0.15, -0.1) is 0 Å². The van der Waals surface area contributed by atoms with Crippen molar-refractivity contribution >= 4 is 0 Å². The molecule has 2 N–H and O–H groups in total. The number of benzene rings is 1. The van der Waals surface area contributed by atoms with Crippen LogP contribution in [-0.2, 0) is 12.8 Å². The fourth-order valence-electron chi connectivity index (χ4n) is 2.69. The monoisotopic (exact) mass is 254 g/mol. The van der Waals surface area contributed by atoms with E-state index in [0.29, 0.717) is 0 Å². The molecule has 0 saturated carbocycles. The maximum absolute atomic E-state index is 6.34. The van der Waals surface area contributed by atoms with Gasteiger partial charge in [-0.3, -0.25) is 4.98 Å². The van der Waals surface area contributed by atoms with E-state index in [-0.39, 0.29) is 6.04 Å². The average molecular weight is 254 g/mol. The summed E-state index contributed by atoms with van der Waals surface area (Å²) in [6.45, 7) is 0. The fraction of sp³-hybridized carbons (Fsp3) is 0.312. The zero-order chi connectivity index (χ0) is 13.2. The van der Waals surface area contributed by atoms with Crippen LogP contribution in [0.4, 0.5) is 0 Å². The first-order valence-electron chi connectivity index (χ1n) is 6.64. The van der Waals surface area contributed by atoms with Crippen molar-refractivity contribution < 1.29 is 4.74 Å². The molecule has 1 unspecified atom stereocenters. The summed E-state index contributed by atoms with van der Waals surface area (Å²) in [5, 5.41) is 0. The third-order valence-electron chi connectivity index (χ3n) is 3.81. The Kier molecular flexibility index (Phi) is 3.22. The van der Waals surface area contributed by atoms with Crippen molar-refractivity contribution in [2.45, 2.75) is 25.3 Å². The van der Waals surface area contributed by atoms with Crippen LogP contribution in [0.5, 0.6) is 5.75 Å². The molecule has 0 amide bonds. The van der Waals surface area contributed by atoms with Gasteiger partial charge in [-0.05, 0) is 47.6 Å². The molecule has 0 spiro atoms. The van der Waals surface area contributed by atoms with Crippen molar-refractivity contribution in [1.82, 2.24) is 4.98 Å². The molecule has 1 heterocycles. The number of methoxy groups -OCH3 is 1. The SMILES string of the molecule is COc1cncc(C(N)c2ccc3c(c2)CCC3)c1. The van der Waals surface area contributed by atoms with Crippen LogP contribution in [0.1, 0.15) is 34.7 Å². The summed E-state index contributed by atoms with van der Waals surface area (Å²) in [6, 6.07) is 8.39. The van der Waals surface area contributed by atoms with Crippen molar-refractivity contribution in [3.05, 3.63) is 58.9 Å². The van der Waals surface area contributed by atoms with Gasteiger partial charge in [-0.2, -0.15) is 0 Å². The summed E-state index contributed by atoms with van der Waals surface area (Å²) in [5.41, 5.74) is 11.4. The molecule has 1 aromatic heterocycles. The molecule has 1 aliphatic carbocycles. The van der Waals surface area contributed by atoms with E-state index in [1.807, 2.05) is 6.07 Å².